The minimum Gasteiger partial charge on any atom is -0.478 e. The van der Waals surface area contributed by atoms with Crippen LogP contribution in [-0.2, 0) is 0 Å². The van der Waals surface area contributed by atoms with Crippen molar-refractivity contribution < 1.29 is 4.74 Å². The SMILES string of the molecule is Cc1ccc2c(C)cc(OCCCN3CCCCC3)nc2n1. The number of likely N-dealkylation sites (tertiary alicyclic amines) is 1. The molecule has 0 radical (unpaired) electrons. The maximum Gasteiger partial charge on any atom is 0.215 e. The molecule has 1 saturated heterocycles. The van der Waals surface area contributed by atoms with Crippen molar-refractivity contribution in [1.29, 1.82) is 0 Å². The maximum absolute atomic E-state index is 5.85. The molecule has 3 rings (SSSR count). The molecule has 22 heavy (non-hydrogen) atoms. The van der Waals surface area contributed by atoms with Crippen molar-refractivity contribution >= 4 is 11.0 Å². The molecule has 3 heterocycles. The summed E-state index contributed by atoms with van der Waals surface area (Å²) in [7, 11) is 0. The topological polar surface area (TPSA) is 38.2 Å². The van der Waals surface area contributed by atoms with Gasteiger partial charge < -0.3 is 9.64 Å². The summed E-state index contributed by atoms with van der Waals surface area (Å²) in [6, 6.07) is 6.12. The summed E-state index contributed by atoms with van der Waals surface area (Å²) in [5.74, 6) is 0.696. The van der Waals surface area contributed by atoms with Gasteiger partial charge in [0.05, 0.1) is 6.61 Å². The molecule has 0 aromatic carbocycles. The van der Waals surface area contributed by atoms with E-state index in [0.717, 1.165) is 36.3 Å². The van der Waals surface area contributed by atoms with Crippen LogP contribution in [0.3, 0.4) is 0 Å². The molecule has 4 nitrogen and oxygen atoms in total. The molecule has 0 N–H and O–H groups in total. The molecule has 4 heteroatoms. The van der Waals surface area contributed by atoms with Gasteiger partial charge in [-0.2, -0.15) is 4.98 Å². The number of aryl methyl sites for hydroxylation is 2. The number of hydrogen-bond acceptors (Lipinski definition) is 4. The highest BCUT2D eigenvalue weighted by molar-refractivity contribution is 5.79. The molecule has 0 saturated carbocycles. The second-order valence-corrected chi connectivity index (χ2v) is 6.21. The fourth-order valence-corrected chi connectivity index (χ4v) is 3.06. The van der Waals surface area contributed by atoms with Crippen molar-refractivity contribution in [3.05, 3.63) is 29.5 Å². The van der Waals surface area contributed by atoms with Crippen LogP contribution in [0.5, 0.6) is 5.88 Å². The van der Waals surface area contributed by atoms with Gasteiger partial charge in [-0.25, -0.2) is 4.98 Å². The summed E-state index contributed by atoms with van der Waals surface area (Å²) < 4.78 is 5.85. The molecular formula is C18H25N3O. The third-order valence-corrected chi connectivity index (χ3v) is 4.31. The molecule has 1 aliphatic heterocycles. The van der Waals surface area contributed by atoms with Gasteiger partial charge in [-0.05, 0) is 63.9 Å². The smallest absolute Gasteiger partial charge is 0.215 e. The lowest BCUT2D eigenvalue weighted by Gasteiger charge is -2.26. The number of rotatable bonds is 5. The van der Waals surface area contributed by atoms with E-state index in [1.807, 2.05) is 19.1 Å². The predicted octanol–water partition coefficient (Wildman–Crippen LogP) is 3.50. The molecule has 0 bridgehead atoms. The number of nitrogens with zero attached hydrogens (tertiary/aromatic N) is 3. The van der Waals surface area contributed by atoms with Crippen LogP contribution in [0.1, 0.15) is 36.9 Å². The van der Waals surface area contributed by atoms with E-state index in [-0.39, 0.29) is 0 Å². The van der Waals surface area contributed by atoms with Gasteiger partial charge in [0.15, 0.2) is 5.65 Å². The van der Waals surface area contributed by atoms with Gasteiger partial charge in [-0.3, -0.25) is 0 Å². The van der Waals surface area contributed by atoms with Gasteiger partial charge in [0.25, 0.3) is 0 Å². The minimum absolute atomic E-state index is 0.696. The second kappa shape index (κ2) is 7.05. The molecular weight excluding hydrogens is 274 g/mol. The Morgan fingerprint density at radius 2 is 1.91 bits per heavy atom. The highest BCUT2D eigenvalue weighted by Crippen LogP contribution is 2.20. The van der Waals surface area contributed by atoms with E-state index >= 15 is 0 Å². The number of fused-ring (bicyclic) bond motifs is 1. The Labute approximate surface area is 132 Å². The molecule has 118 valence electrons. The van der Waals surface area contributed by atoms with E-state index in [4.69, 9.17) is 4.74 Å². The summed E-state index contributed by atoms with van der Waals surface area (Å²) in [5, 5.41) is 1.10. The average Bonchev–Trinajstić information content (AvgIpc) is 2.52. The first-order chi connectivity index (χ1) is 10.7. The Kier molecular flexibility index (Phi) is 4.88. The first-order valence-corrected chi connectivity index (χ1v) is 8.32. The van der Waals surface area contributed by atoms with E-state index in [2.05, 4.69) is 27.9 Å². The van der Waals surface area contributed by atoms with Crippen molar-refractivity contribution in [2.75, 3.05) is 26.2 Å². The Hall–Kier alpha value is -1.68. The average molecular weight is 299 g/mol. The number of ether oxygens (including phenoxy) is 1. The Morgan fingerprint density at radius 3 is 2.73 bits per heavy atom. The minimum atomic E-state index is 0.696. The Balaban J connectivity index is 1.57. The van der Waals surface area contributed by atoms with Gasteiger partial charge in [0, 0.05) is 23.7 Å². The van der Waals surface area contributed by atoms with Crippen molar-refractivity contribution in [2.45, 2.75) is 39.5 Å². The van der Waals surface area contributed by atoms with Crippen LogP contribution in [0, 0.1) is 13.8 Å². The molecule has 2 aromatic rings. The fourth-order valence-electron chi connectivity index (χ4n) is 3.06. The fraction of sp³-hybridized carbons (Fsp3) is 0.556. The molecule has 0 aliphatic carbocycles. The van der Waals surface area contributed by atoms with Crippen molar-refractivity contribution in [3.63, 3.8) is 0 Å². The highest BCUT2D eigenvalue weighted by Gasteiger charge is 2.09. The monoisotopic (exact) mass is 299 g/mol. The summed E-state index contributed by atoms with van der Waals surface area (Å²) in [5.41, 5.74) is 2.94. The number of piperidine rings is 1. The number of pyridine rings is 2. The number of hydrogen-bond donors (Lipinski definition) is 0. The van der Waals surface area contributed by atoms with Crippen LogP contribution in [0.25, 0.3) is 11.0 Å². The Morgan fingerprint density at radius 1 is 1.09 bits per heavy atom. The summed E-state index contributed by atoms with van der Waals surface area (Å²) >= 11 is 0. The zero-order valence-electron chi connectivity index (χ0n) is 13.6. The molecule has 0 spiro atoms. The third kappa shape index (κ3) is 3.74. The standard InChI is InChI=1S/C18H25N3O/c1-14-13-17(20-18-16(14)8-7-15(2)19-18)22-12-6-11-21-9-4-3-5-10-21/h7-8,13H,3-6,9-12H2,1-2H3. The molecule has 1 aliphatic rings. The van der Waals surface area contributed by atoms with Crippen LogP contribution in [-0.4, -0.2) is 41.1 Å². The largest absolute Gasteiger partial charge is 0.478 e. The van der Waals surface area contributed by atoms with Crippen LogP contribution < -0.4 is 4.74 Å². The molecule has 0 unspecified atom stereocenters. The van der Waals surface area contributed by atoms with E-state index in [1.54, 1.807) is 0 Å². The first-order valence-electron chi connectivity index (χ1n) is 8.32. The van der Waals surface area contributed by atoms with Crippen molar-refractivity contribution in [1.82, 2.24) is 14.9 Å². The van der Waals surface area contributed by atoms with Gasteiger partial charge in [-0.1, -0.05) is 6.42 Å². The maximum atomic E-state index is 5.85. The van der Waals surface area contributed by atoms with Crippen LogP contribution in [0.2, 0.25) is 0 Å². The van der Waals surface area contributed by atoms with Crippen LogP contribution in [0.15, 0.2) is 18.2 Å². The van der Waals surface area contributed by atoms with Crippen molar-refractivity contribution in [2.24, 2.45) is 0 Å². The lowest BCUT2D eigenvalue weighted by atomic mass is 10.1. The van der Waals surface area contributed by atoms with Crippen molar-refractivity contribution in [3.8, 4) is 5.88 Å². The van der Waals surface area contributed by atoms with Crippen LogP contribution in [0.4, 0.5) is 0 Å². The Bertz CT molecular complexity index is 636. The number of aromatic nitrogens is 2. The van der Waals surface area contributed by atoms with Gasteiger partial charge in [-0.15, -0.1) is 0 Å². The zero-order chi connectivity index (χ0) is 15.4. The van der Waals surface area contributed by atoms with E-state index in [1.165, 1.54) is 37.9 Å². The second-order valence-electron chi connectivity index (χ2n) is 6.21. The lowest BCUT2D eigenvalue weighted by Crippen LogP contribution is -2.31. The quantitative estimate of drug-likeness (QED) is 0.792. The predicted molar refractivity (Wildman–Crippen MR) is 89.4 cm³/mol. The normalized spacial score (nSPS) is 16.1. The molecule has 1 fully saturated rings. The molecule has 0 atom stereocenters. The van der Waals surface area contributed by atoms with E-state index < -0.39 is 0 Å². The lowest BCUT2D eigenvalue weighted by molar-refractivity contribution is 0.203. The van der Waals surface area contributed by atoms with E-state index in [9.17, 15) is 0 Å². The van der Waals surface area contributed by atoms with Crippen LogP contribution >= 0.6 is 0 Å². The summed E-state index contributed by atoms with van der Waals surface area (Å²) in [6.07, 6.45) is 5.13. The third-order valence-electron chi connectivity index (χ3n) is 4.31. The van der Waals surface area contributed by atoms with Gasteiger partial charge in [0.1, 0.15) is 0 Å². The van der Waals surface area contributed by atoms with Gasteiger partial charge in [0.2, 0.25) is 5.88 Å². The summed E-state index contributed by atoms with van der Waals surface area (Å²) in [6.45, 7) is 8.42. The summed E-state index contributed by atoms with van der Waals surface area (Å²) in [4.78, 5) is 11.6. The zero-order valence-corrected chi connectivity index (χ0v) is 13.6. The van der Waals surface area contributed by atoms with E-state index in [0.29, 0.717) is 5.88 Å². The first kappa shape index (κ1) is 15.2. The molecule has 0 amide bonds. The highest BCUT2D eigenvalue weighted by atomic mass is 16.5. The molecule has 2 aromatic heterocycles. The van der Waals surface area contributed by atoms with Gasteiger partial charge >= 0.3 is 0 Å².